The maximum absolute atomic E-state index is 12.0. The van der Waals surface area contributed by atoms with Crippen LogP contribution in [0.1, 0.15) is 33.6 Å². The number of piperidine rings is 1. The fourth-order valence-electron chi connectivity index (χ4n) is 2.83. The van der Waals surface area contributed by atoms with Crippen LogP contribution in [0.4, 0.5) is 4.79 Å². The number of carbonyl (C=O) groups excluding carboxylic acids is 1. The molecule has 1 spiro atoms. The molecule has 104 valence electrons. The summed E-state index contributed by atoms with van der Waals surface area (Å²) in [5.74, 6) is 0. The van der Waals surface area contributed by atoms with Gasteiger partial charge in [0.05, 0.1) is 12.6 Å². The van der Waals surface area contributed by atoms with E-state index in [1.807, 2.05) is 20.8 Å². The van der Waals surface area contributed by atoms with Gasteiger partial charge in [0.25, 0.3) is 0 Å². The van der Waals surface area contributed by atoms with Crippen LogP contribution in [0.2, 0.25) is 0 Å². The van der Waals surface area contributed by atoms with Crippen LogP contribution in [-0.4, -0.2) is 54.0 Å². The lowest BCUT2D eigenvalue weighted by Crippen LogP contribution is -2.47. The molecule has 2 heterocycles. The molecule has 2 saturated heterocycles. The van der Waals surface area contributed by atoms with E-state index in [0.29, 0.717) is 13.1 Å². The summed E-state index contributed by atoms with van der Waals surface area (Å²) >= 11 is 0. The third kappa shape index (κ3) is 2.78. The summed E-state index contributed by atoms with van der Waals surface area (Å²) in [7, 11) is 0. The van der Waals surface area contributed by atoms with Gasteiger partial charge >= 0.3 is 6.09 Å². The second-order valence-electron chi connectivity index (χ2n) is 6.52. The summed E-state index contributed by atoms with van der Waals surface area (Å²) < 4.78 is 5.36. The summed E-state index contributed by atoms with van der Waals surface area (Å²) in [6.45, 7) is 8.33. The number of carbonyl (C=O) groups is 1. The second-order valence-corrected chi connectivity index (χ2v) is 6.52. The number of nitrogens with zero attached hydrogens (tertiary/aromatic N) is 1. The molecule has 0 aromatic rings. The summed E-state index contributed by atoms with van der Waals surface area (Å²) in [6.07, 6.45) is 1.27. The van der Waals surface area contributed by atoms with Gasteiger partial charge in [-0.2, -0.15) is 0 Å². The Labute approximate surface area is 108 Å². The fraction of sp³-hybridized carbons (Fsp3) is 0.923. The first-order valence-corrected chi connectivity index (χ1v) is 6.69. The lowest BCUT2D eigenvalue weighted by Gasteiger charge is -2.36. The molecule has 2 atom stereocenters. The van der Waals surface area contributed by atoms with Crippen LogP contribution < -0.4 is 5.32 Å². The number of β-amino-alcohol motifs (C(OH)–C–C–N with tert-alkyl or cyclic N) is 1. The number of aliphatic hydroxyl groups excluding tert-OH is 1. The number of hydrogen-bond donors (Lipinski definition) is 2. The van der Waals surface area contributed by atoms with E-state index in [1.54, 1.807) is 4.90 Å². The lowest BCUT2D eigenvalue weighted by atomic mass is 9.78. The van der Waals surface area contributed by atoms with Gasteiger partial charge in [-0.15, -0.1) is 0 Å². The lowest BCUT2D eigenvalue weighted by molar-refractivity contribution is 0.0266. The normalized spacial score (nSPS) is 32.9. The molecule has 0 aromatic heterocycles. The van der Waals surface area contributed by atoms with E-state index in [2.05, 4.69) is 5.32 Å². The molecule has 5 nitrogen and oxygen atoms in total. The van der Waals surface area contributed by atoms with Gasteiger partial charge in [0.2, 0.25) is 0 Å². The van der Waals surface area contributed by atoms with Crippen LogP contribution in [0, 0.1) is 5.41 Å². The zero-order valence-corrected chi connectivity index (χ0v) is 11.5. The van der Waals surface area contributed by atoms with Gasteiger partial charge in [-0.3, -0.25) is 0 Å². The molecule has 0 saturated carbocycles. The van der Waals surface area contributed by atoms with Crippen LogP contribution in [-0.2, 0) is 4.74 Å². The Morgan fingerprint density at radius 1 is 1.50 bits per heavy atom. The minimum absolute atomic E-state index is 0.171. The Bertz CT molecular complexity index is 319. The third-order valence-electron chi connectivity index (χ3n) is 3.76. The molecule has 2 aliphatic heterocycles. The first-order chi connectivity index (χ1) is 8.32. The van der Waals surface area contributed by atoms with Crippen molar-refractivity contribution >= 4 is 6.09 Å². The summed E-state index contributed by atoms with van der Waals surface area (Å²) in [6, 6.07) is 0. The first-order valence-electron chi connectivity index (χ1n) is 6.69. The number of aliphatic hydroxyl groups is 1. The van der Waals surface area contributed by atoms with Gasteiger partial charge < -0.3 is 20.1 Å². The maximum atomic E-state index is 12.0. The summed E-state index contributed by atoms with van der Waals surface area (Å²) in [4.78, 5) is 13.6. The van der Waals surface area contributed by atoms with Crippen LogP contribution in [0.3, 0.4) is 0 Å². The Morgan fingerprint density at radius 3 is 2.78 bits per heavy atom. The molecular weight excluding hydrogens is 232 g/mol. The smallest absolute Gasteiger partial charge is 0.410 e. The minimum atomic E-state index is -0.484. The Kier molecular flexibility index (Phi) is 3.56. The highest BCUT2D eigenvalue weighted by Crippen LogP contribution is 2.37. The predicted octanol–water partition coefficient (Wildman–Crippen LogP) is 0.968. The van der Waals surface area contributed by atoms with Crippen molar-refractivity contribution in [1.29, 1.82) is 0 Å². The van der Waals surface area contributed by atoms with Gasteiger partial charge in [0.1, 0.15) is 5.60 Å². The highest BCUT2D eigenvalue weighted by molar-refractivity contribution is 5.68. The summed E-state index contributed by atoms with van der Waals surface area (Å²) in [5.41, 5.74) is -0.655. The van der Waals surface area contributed by atoms with Gasteiger partial charge in [-0.25, -0.2) is 4.79 Å². The molecule has 5 heteroatoms. The van der Waals surface area contributed by atoms with Gasteiger partial charge in [-0.05, 0) is 40.2 Å². The highest BCUT2D eigenvalue weighted by atomic mass is 16.6. The molecule has 2 N–H and O–H groups in total. The molecule has 2 rings (SSSR count). The van der Waals surface area contributed by atoms with E-state index in [4.69, 9.17) is 4.74 Å². The molecule has 0 aromatic carbocycles. The van der Waals surface area contributed by atoms with Crippen molar-refractivity contribution in [3.63, 3.8) is 0 Å². The van der Waals surface area contributed by atoms with Crippen molar-refractivity contribution < 1.29 is 14.6 Å². The number of nitrogens with one attached hydrogen (secondary N) is 1. The average molecular weight is 256 g/mol. The average Bonchev–Trinajstić information content (AvgIpc) is 2.56. The minimum Gasteiger partial charge on any atom is -0.444 e. The standard InChI is InChI=1S/C13H24N2O3/c1-12(2,3)18-11(17)15-7-10(16)13(9-15)5-4-6-14-8-13/h10,14,16H,4-9H2,1-3H3/t10-,13?/m0/s1. The van der Waals surface area contributed by atoms with Crippen LogP contribution in [0.25, 0.3) is 0 Å². The van der Waals surface area contributed by atoms with Crippen LogP contribution in [0.5, 0.6) is 0 Å². The number of rotatable bonds is 0. The van der Waals surface area contributed by atoms with Crippen LogP contribution in [0.15, 0.2) is 0 Å². The number of hydrogen-bond acceptors (Lipinski definition) is 4. The zero-order chi connectivity index (χ0) is 13.4. The van der Waals surface area contributed by atoms with Crippen molar-refractivity contribution in [1.82, 2.24) is 10.2 Å². The van der Waals surface area contributed by atoms with E-state index in [0.717, 1.165) is 25.9 Å². The van der Waals surface area contributed by atoms with E-state index in [1.165, 1.54) is 0 Å². The maximum Gasteiger partial charge on any atom is 0.410 e. The second kappa shape index (κ2) is 4.70. The van der Waals surface area contributed by atoms with Crippen molar-refractivity contribution in [2.45, 2.75) is 45.3 Å². The molecule has 1 amide bonds. The molecular formula is C13H24N2O3. The monoisotopic (exact) mass is 256 g/mol. The Morgan fingerprint density at radius 2 is 2.22 bits per heavy atom. The van der Waals surface area contributed by atoms with E-state index in [9.17, 15) is 9.90 Å². The van der Waals surface area contributed by atoms with E-state index in [-0.39, 0.29) is 11.5 Å². The highest BCUT2D eigenvalue weighted by Gasteiger charge is 2.48. The van der Waals surface area contributed by atoms with Gasteiger partial charge in [0.15, 0.2) is 0 Å². The first kappa shape index (κ1) is 13.6. The Balaban J connectivity index is 1.99. The molecule has 0 bridgehead atoms. The number of amides is 1. The topological polar surface area (TPSA) is 61.8 Å². The van der Waals surface area contributed by atoms with Crippen molar-refractivity contribution in [3.05, 3.63) is 0 Å². The molecule has 2 fully saturated rings. The van der Waals surface area contributed by atoms with Crippen molar-refractivity contribution in [2.75, 3.05) is 26.2 Å². The SMILES string of the molecule is CC(C)(C)OC(=O)N1C[C@H](O)C2(CCCNC2)C1. The van der Waals surface area contributed by atoms with E-state index >= 15 is 0 Å². The van der Waals surface area contributed by atoms with Crippen molar-refractivity contribution in [3.8, 4) is 0 Å². The molecule has 0 aliphatic carbocycles. The Hall–Kier alpha value is -0.810. The number of likely N-dealkylation sites (tertiary alicyclic amines) is 1. The molecule has 1 unspecified atom stereocenters. The quantitative estimate of drug-likeness (QED) is 0.678. The molecule has 18 heavy (non-hydrogen) atoms. The van der Waals surface area contributed by atoms with Gasteiger partial charge in [0, 0.05) is 18.5 Å². The molecule has 2 aliphatic rings. The van der Waals surface area contributed by atoms with E-state index < -0.39 is 11.7 Å². The largest absolute Gasteiger partial charge is 0.444 e. The predicted molar refractivity (Wildman–Crippen MR) is 68.4 cm³/mol. The van der Waals surface area contributed by atoms with Crippen molar-refractivity contribution in [2.24, 2.45) is 5.41 Å². The third-order valence-corrected chi connectivity index (χ3v) is 3.76. The zero-order valence-electron chi connectivity index (χ0n) is 11.5. The summed E-state index contributed by atoms with van der Waals surface area (Å²) in [5, 5.41) is 13.5. The van der Waals surface area contributed by atoms with Crippen LogP contribution >= 0.6 is 0 Å². The van der Waals surface area contributed by atoms with Gasteiger partial charge in [-0.1, -0.05) is 0 Å². The number of ether oxygens (including phenoxy) is 1. The molecule has 0 radical (unpaired) electrons. The fourth-order valence-corrected chi connectivity index (χ4v) is 2.83.